The van der Waals surface area contributed by atoms with Gasteiger partial charge in [-0.25, -0.2) is 0 Å². The van der Waals surface area contributed by atoms with E-state index in [9.17, 15) is 4.79 Å². The first-order valence-electron chi connectivity index (χ1n) is 9.36. The first-order chi connectivity index (χ1) is 13.1. The average molecular weight is 427 g/mol. The van der Waals surface area contributed by atoms with Crippen LogP contribution < -0.4 is 10.1 Å². The Morgan fingerprint density at radius 1 is 1.26 bits per heavy atom. The second kappa shape index (κ2) is 7.77. The van der Waals surface area contributed by atoms with E-state index in [1.807, 2.05) is 31.2 Å². The molecule has 0 bridgehead atoms. The highest BCUT2D eigenvalue weighted by Gasteiger charge is 2.23. The molecule has 1 heterocycles. The number of ether oxygens (including phenoxy) is 1. The molecule has 140 valence electrons. The van der Waals surface area contributed by atoms with Gasteiger partial charge in [-0.3, -0.25) is 4.79 Å². The fraction of sp³-hybridized carbons (Fsp3) is 0.318. The standard InChI is InChI=1S/C22H23BrN2O2/c1-14-2-6-17(7-3-14)27-11-10-22(26)24-16-5-9-21-19(13-16)18-12-15(23)4-8-20(18)25-21/h2-4,6-8,12,16,25H,5,9-11,13H2,1H3,(H,24,26). The Morgan fingerprint density at radius 2 is 2.07 bits per heavy atom. The summed E-state index contributed by atoms with van der Waals surface area (Å²) in [6.07, 6.45) is 3.17. The Balaban J connectivity index is 1.32. The third-order valence-electron chi connectivity index (χ3n) is 5.13. The van der Waals surface area contributed by atoms with Crippen LogP contribution in [0.5, 0.6) is 5.75 Å². The molecular formula is C22H23BrN2O2. The van der Waals surface area contributed by atoms with Crippen LogP contribution in [0.1, 0.15) is 29.7 Å². The Bertz CT molecular complexity index is 962. The molecule has 0 aliphatic heterocycles. The summed E-state index contributed by atoms with van der Waals surface area (Å²) in [5.74, 6) is 0.858. The summed E-state index contributed by atoms with van der Waals surface area (Å²) in [4.78, 5) is 15.8. The number of benzene rings is 2. The van der Waals surface area contributed by atoms with Crippen LogP contribution in [0.25, 0.3) is 10.9 Å². The van der Waals surface area contributed by atoms with Crippen LogP contribution in [-0.4, -0.2) is 23.5 Å². The van der Waals surface area contributed by atoms with Gasteiger partial charge in [-0.2, -0.15) is 0 Å². The number of aromatic nitrogens is 1. The number of hydrogen-bond acceptors (Lipinski definition) is 2. The van der Waals surface area contributed by atoms with Crippen LogP contribution in [0, 0.1) is 6.92 Å². The molecule has 0 saturated heterocycles. The molecule has 27 heavy (non-hydrogen) atoms. The molecule has 1 aliphatic carbocycles. The summed E-state index contributed by atoms with van der Waals surface area (Å²) < 4.78 is 6.74. The van der Waals surface area contributed by atoms with Crippen molar-refractivity contribution in [1.82, 2.24) is 10.3 Å². The van der Waals surface area contributed by atoms with Crippen LogP contribution in [0.15, 0.2) is 46.9 Å². The van der Waals surface area contributed by atoms with Crippen LogP contribution in [0.2, 0.25) is 0 Å². The van der Waals surface area contributed by atoms with Gasteiger partial charge >= 0.3 is 0 Å². The van der Waals surface area contributed by atoms with Crippen molar-refractivity contribution in [2.45, 2.75) is 38.6 Å². The van der Waals surface area contributed by atoms with E-state index in [4.69, 9.17) is 4.74 Å². The van der Waals surface area contributed by atoms with Crippen molar-refractivity contribution >= 4 is 32.7 Å². The van der Waals surface area contributed by atoms with Crippen molar-refractivity contribution in [1.29, 1.82) is 0 Å². The molecule has 1 aromatic heterocycles. The number of aryl methyl sites for hydroxylation is 2. The predicted octanol–water partition coefficient (Wildman–Crippen LogP) is 4.68. The van der Waals surface area contributed by atoms with Crippen LogP contribution in [0.4, 0.5) is 0 Å². The SMILES string of the molecule is Cc1ccc(OCCC(=O)NC2CCc3[nH]c4ccc(Br)cc4c3C2)cc1. The topological polar surface area (TPSA) is 54.1 Å². The maximum atomic E-state index is 12.3. The Kier molecular flexibility index (Phi) is 5.21. The van der Waals surface area contributed by atoms with Gasteiger partial charge in [0.25, 0.3) is 0 Å². The lowest BCUT2D eigenvalue weighted by molar-refractivity contribution is -0.122. The number of amides is 1. The molecule has 3 aromatic rings. The molecule has 0 fully saturated rings. The maximum Gasteiger partial charge on any atom is 0.223 e. The summed E-state index contributed by atoms with van der Waals surface area (Å²) >= 11 is 3.55. The van der Waals surface area contributed by atoms with Crippen molar-refractivity contribution in [3.63, 3.8) is 0 Å². The van der Waals surface area contributed by atoms with Crippen LogP contribution in [0.3, 0.4) is 0 Å². The van der Waals surface area contributed by atoms with Gasteiger partial charge in [-0.15, -0.1) is 0 Å². The van der Waals surface area contributed by atoms with Crippen molar-refractivity contribution in [2.75, 3.05) is 6.61 Å². The number of carbonyl (C=O) groups is 1. The van der Waals surface area contributed by atoms with E-state index >= 15 is 0 Å². The minimum absolute atomic E-state index is 0.0524. The number of nitrogens with one attached hydrogen (secondary N) is 2. The van der Waals surface area contributed by atoms with Gasteiger partial charge in [-0.1, -0.05) is 33.6 Å². The van der Waals surface area contributed by atoms with Crippen LogP contribution in [-0.2, 0) is 17.6 Å². The maximum absolute atomic E-state index is 12.3. The van der Waals surface area contributed by atoms with Crippen molar-refractivity contribution in [3.05, 3.63) is 63.8 Å². The van der Waals surface area contributed by atoms with Gasteiger partial charge in [0.05, 0.1) is 13.0 Å². The Morgan fingerprint density at radius 3 is 2.89 bits per heavy atom. The monoisotopic (exact) mass is 426 g/mol. The molecule has 0 saturated carbocycles. The largest absolute Gasteiger partial charge is 0.493 e. The number of hydrogen-bond donors (Lipinski definition) is 2. The summed E-state index contributed by atoms with van der Waals surface area (Å²) in [6, 6.07) is 14.4. The van der Waals surface area contributed by atoms with E-state index < -0.39 is 0 Å². The second-order valence-electron chi connectivity index (χ2n) is 7.19. The van der Waals surface area contributed by atoms with Gasteiger partial charge < -0.3 is 15.0 Å². The van der Waals surface area contributed by atoms with Gasteiger partial charge in [0.1, 0.15) is 5.75 Å². The molecule has 4 nitrogen and oxygen atoms in total. The molecule has 0 spiro atoms. The normalized spacial score (nSPS) is 16.1. The van der Waals surface area contributed by atoms with Crippen molar-refractivity contribution < 1.29 is 9.53 Å². The van der Waals surface area contributed by atoms with Gasteiger partial charge in [0, 0.05) is 27.1 Å². The van der Waals surface area contributed by atoms with Gasteiger partial charge in [-0.05, 0) is 62.1 Å². The van der Waals surface area contributed by atoms with E-state index in [0.717, 1.165) is 29.5 Å². The Labute approximate surface area is 167 Å². The quantitative estimate of drug-likeness (QED) is 0.621. The number of rotatable bonds is 5. The fourth-order valence-electron chi connectivity index (χ4n) is 3.71. The summed E-state index contributed by atoms with van der Waals surface area (Å²) in [6.45, 7) is 2.44. The number of aromatic amines is 1. The molecule has 1 aliphatic rings. The molecule has 2 N–H and O–H groups in total. The molecule has 5 heteroatoms. The molecule has 4 rings (SSSR count). The summed E-state index contributed by atoms with van der Waals surface area (Å²) in [5, 5.41) is 4.43. The first kappa shape index (κ1) is 18.1. The minimum Gasteiger partial charge on any atom is -0.493 e. The lowest BCUT2D eigenvalue weighted by Crippen LogP contribution is -2.39. The summed E-state index contributed by atoms with van der Waals surface area (Å²) in [7, 11) is 0. The Hall–Kier alpha value is -2.27. The van der Waals surface area contributed by atoms with E-state index in [0.29, 0.717) is 13.0 Å². The lowest BCUT2D eigenvalue weighted by atomic mass is 9.91. The van der Waals surface area contributed by atoms with Crippen molar-refractivity contribution in [3.8, 4) is 5.75 Å². The molecule has 1 atom stereocenters. The molecular weight excluding hydrogens is 404 g/mol. The number of H-pyrrole nitrogens is 1. The predicted molar refractivity (Wildman–Crippen MR) is 111 cm³/mol. The molecule has 0 radical (unpaired) electrons. The smallest absolute Gasteiger partial charge is 0.223 e. The molecule has 2 aromatic carbocycles. The third-order valence-corrected chi connectivity index (χ3v) is 5.63. The highest BCUT2D eigenvalue weighted by atomic mass is 79.9. The van der Waals surface area contributed by atoms with Gasteiger partial charge in [0.15, 0.2) is 0 Å². The van der Waals surface area contributed by atoms with E-state index in [1.54, 1.807) is 0 Å². The number of fused-ring (bicyclic) bond motifs is 3. The zero-order valence-electron chi connectivity index (χ0n) is 15.3. The van der Waals surface area contributed by atoms with Crippen molar-refractivity contribution in [2.24, 2.45) is 0 Å². The zero-order valence-corrected chi connectivity index (χ0v) is 16.9. The molecule has 1 unspecified atom stereocenters. The first-order valence-corrected chi connectivity index (χ1v) is 10.2. The third kappa shape index (κ3) is 4.19. The van der Waals surface area contributed by atoms with E-state index in [1.165, 1.54) is 27.7 Å². The van der Waals surface area contributed by atoms with E-state index in [-0.39, 0.29) is 11.9 Å². The molecule has 1 amide bonds. The van der Waals surface area contributed by atoms with Gasteiger partial charge in [0.2, 0.25) is 5.91 Å². The lowest BCUT2D eigenvalue weighted by Gasteiger charge is -2.23. The minimum atomic E-state index is 0.0524. The summed E-state index contributed by atoms with van der Waals surface area (Å²) in [5.41, 5.74) is 5.00. The number of carbonyl (C=O) groups excluding carboxylic acids is 1. The highest BCUT2D eigenvalue weighted by Crippen LogP contribution is 2.31. The average Bonchev–Trinajstić information content (AvgIpc) is 3.01. The van der Waals surface area contributed by atoms with Crippen LogP contribution >= 0.6 is 15.9 Å². The fourth-order valence-corrected chi connectivity index (χ4v) is 4.07. The highest BCUT2D eigenvalue weighted by molar-refractivity contribution is 9.10. The number of halogens is 1. The zero-order chi connectivity index (χ0) is 18.8. The second-order valence-corrected chi connectivity index (χ2v) is 8.11. The van der Waals surface area contributed by atoms with E-state index in [2.05, 4.69) is 44.4 Å².